The molecule has 2 N–H and O–H groups in total. The molecule has 0 radical (unpaired) electrons. The maximum Gasteiger partial charge on any atom is 0.417 e. The molecule has 0 aliphatic rings. The number of carbonyl (C=O) groups is 1. The van der Waals surface area contributed by atoms with Gasteiger partial charge in [0.05, 0.1) is 20.9 Å². The molecular weight excluding hydrogens is 415 g/mol. The SMILES string of the molecule is CS(=O)(=O)c1ccc(NCCNC(=O)c2ccccc2C(F)(F)F)c([N+](=O)[O-])c1. The van der Waals surface area contributed by atoms with Gasteiger partial charge in [0.1, 0.15) is 5.69 Å². The molecule has 0 saturated heterocycles. The van der Waals surface area contributed by atoms with Crippen molar-refractivity contribution in [2.45, 2.75) is 11.1 Å². The summed E-state index contributed by atoms with van der Waals surface area (Å²) >= 11 is 0. The molecule has 2 aromatic rings. The Morgan fingerprint density at radius 1 is 1.14 bits per heavy atom. The van der Waals surface area contributed by atoms with Gasteiger partial charge >= 0.3 is 6.18 Å². The Balaban J connectivity index is 2.05. The van der Waals surface area contributed by atoms with Gasteiger partial charge < -0.3 is 10.6 Å². The lowest BCUT2D eigenvalue weighted by Crippen LogP contribution is -2.30. The van der Waals surface area contributed by atoms with Gasteiger partial charge in [-0.1, -0.05) is 12.1 Å². The van der Waals surface area contributed by atoms with E-state index in [4.69, 9.17) is 0 Å². The largest absolute Gasteiger partial charge is 0.417 e. The summed E-state index contributed by atoms with van der Waals surface area (Å²) < 4.78 is 61.9. The number of amides is 1. The third kappa shape index (κ3) is 5.67. The van der Waals surface area contributed by atoms with Gasteiger partial charge in [-0.2, -0.15) is 13.2 Å². The van der Waals surface area contributed by atoms with Crippen molar-refractivity contribution in [1.29, 1.82) is 0 Å². The van der Waals surface area contributed by atoms with Crippen LogP contribution in [0.5, 0.6) is 0 Å². The second kappa shape index (κ2) is 8.47. The lowest BCUT2D eigenvalue weighted by molar-refractivity contribution is -0.384. The summed E-state index contributed by atoms with van der Waals surface area (Å²) in [6, 6.07) is 7.59. The van der Waals surface area contributed by atoms with Crippen molar-refractivity contribution < 1.29 is 31.3 Å². The smallest absolute Gasteiger partial charge is 0.378 e. The monoisotopic (exact) mass is 431 g/mol. The summed E-state index contributed by atoms with van der Waals surface area (Å²) in [5.41, 5.74) is -2.09. The normalized spacial score (nSPS) is 11.7. The van der Waals surface area contributed by atoms with E-state index in [1.165, 1.54) is 24.3 Å². The maximum atomic E-state index is 13.0. The number of nitrogens with zero attached hydrogens (tertiary/aromatic N) is 1. The van der Waals surface area contributed by atoms with Gasteiger partial charge in [0.2, 0.25) is 0 Å². The quantitative estimate of drug-likeness (QED) is 0.395. The zero-order valence-electron chi connectivity index (χ0n) is 15.0. The van der Waals surface area contributed by atoms with Crippen LogP contribution in [0.25, 0.3) is 0 Å². The second-order valence-corrected chi connectivity index (χ2v) is 7.95. The van der Waals surface area contributed by atoms with Crippen LogP contribution in [-0.4, -0.2) is 38.6 Å². The van der Waals surface area contributed by atoms with E-state index < -0.39 is 43.7 Å². The van der Waals surface area contributed by atoms with Gasteiger partial charge in [-0.15, -0.1) is 0 Å². The topological polar surface area (TPSA) is 118 Å². The maximum absolute atomic E-state index is 13.0. The summed E-state index contributed by atoms with van der Waals surface area (Å²) in [6.07, 6.45) is -3.78. The third-order valence-electron chi connectivity index (χ3n) is 3.80. The van der Waals surface area contributed by atoms with E-state index in [1.807, 2.05) is 0 Å². The Kier molecular flexibility index (Phi) is 6.47. The molecule has 156 valence electrons. The molecule has 12 heteroatoms. The van der Waals surface area contributed by atoms with Gasteiger partial charge in [-0.05, 0) is 24.3 Å². The van der Waals surface area contributed by atoms with E-state index in [-0.39, 0.29) is 23.7 Å². The van der Waals surface area contributed by atoms with Gasteiger partial charge in [0, 0.05) is 25.4 Å². The Labute approximate surface area is 163 Å². The highest BCUT2D eigenvalue weighted by Gasteiger charge is 2.34. The summed E-state index contributed by atoms with van der Waals surface area (Å²) in [4.78, 5) is 22.2. The zero-order valence-corrected chi connectivity index (χ0v) is 15.8. The molecule has 2 aromatic carbocycles. The average Bonchev–Trinajstić information content (AvgIpc) is 2.63. The van der Waals surface area contributed by atoms with E-state index in [0.29, 0.717) is 0 Å². The molecule has 0 atom stereocenters. The Hall–Kier alpha value is -3.15. The molecule has 0 bridgehead atoms. The van der Waals surface area contributed by atoms with Crippen molar-refractivity contribution in [2.24, 2.45) is 0 Å². The number of carbonyl (C=O) groups excluding carboxylic acids is 1. The van der Waals surface area contributed by atoms with Crippen LogP contribution in [0.3, 0.4) is 0 Å². The molecule has 0 saturated carbocycles. The van der Waals surface area contributed by atoms with Crippen LogP contribution >= 0.6 is 0 Å². The molecule has 0 spiro atoms. The van der Waals surface area contributed by atoms with Gasteiger partial charge in [0.25, 0.3) is 11.6 Å². The Morgan fingerprint density at radius 3 is 2.38 bits per heavy atom. The first-order chi connectivity index (χ1) is 13.4. The van der Waals surface area contributed by atoms with Crippen molar-refractivity contribution in [2.75, 3.05) is 24.7 Å². The van der Waals surface area contributed by atoms with Crippen molar-refractivity contribution in [3.63, 3.8) is 0 Å². The summed E-state index contributed by atoms with van der Waals surface area (Å²) in [5, 5.41) is 16.1. The number of benzene rings is 2. The molecule has 0 fully saturated rings. The van der Waals surface area contributed by atoms with E-state index in [2.05, 4.69) is 10.6 Å². The molecular formula is C17H16F3N3O5S. The number of alkyl halides is 3. The number of anilines is 1. The van der Waals surface area contributed by atoms with Crippen molar-refractivity contribution in [1.82, 2.24) is 5.32 Å². The number of halogens is 3. The minimum absolute atomic E-state index is 0.00680. The summed E-state index contributed by atoms with van der Waals surface area (Å²) in [5.74, 6) is -0.943. The summed E-state index contributed by atoms with van der Waals surface area (Å²) in [7, 11) is -3.64. The lowest BCUT2D eigenvalue weighted by atomic mass is 10.1. The molecule has 8 nitrogen and oxygen atoms in total. The first-order valence-corrected chi connectivity index (χ1v) is 9.97. The minimum atomic E-state index is -4.69. The first kappa shape index (κ1) is 22.1. The number of hydrogen-bond acceptors (Lipinski definition) is 6. The number of hydrogen-bond donors (Lipinski definition) is 2. The van der Waals surface area contributed by atoms with Crippen LogP contribution in [0.2, 0.25) is 0 Å². The Morgan fingerprint density at radius 2 is 1.79 bits per heavy atom. The second-order valence-electron chi connectivity index (χ2n) is 5.93. The fourth-order valence-corrected chi connectivity index (χ4v) is 3.08. The number of rotatable bonds is 7. The van der Waals surface area contributed by atoms with E-state index in [1.54, 1.807) is 0 Å². The highest BCUT2D eigenvalue weighted by molar-refractivity contribution is 7.90. The number of sulfone groups is 1. The average molecular weight is 431 g/mol. The molecule has 2 rings (SSSR count). The van der Waals surface area contributed by atoms with Crippen molar-refractivity contribution in [3.05, 3.63) is 63.7 Å². The molecule has 1 amide bonds. The van der Waals surface area contributed by atoms with Crippen molar-refractivity contribution in [3.8, 4) is 0 Å². The van der Waals surface area contributed by atoms with E-state index >= 15 is 0 Å². The molecule has 0 heterocycles. The van der Waals surface area contributed by atoms with Crippen LogP contribution < -0.4 is 10.6 Å². The van der Waals surface area contributed by atoms with Gasteiger partial charge in [-0.25, -0.2) is 8.42 Å². The predicted octanol–water partition coefficient (Wildman–Crippen LogP) is 2.86. The van der Waals surface area contributed by atoms with Gasteiger partial charge in [0.15, 0.2) is 9.84 Å². The highest BCUT2D eigenvalue weighted by atomic mass is 32.2. The van der Waals surface area contributed by atoms with Crippen molar-refractivity contribution >= 4 is 27.1 Å². The molecule has 0 aliphatic heterocycles. The summed E-state index contributed by atoms with van der Waals surface area (Å²) in [6.45, 7) is -0.172. The molecule has 29 heavy (non-hydrogen) atoms. The number of nitro groups is 1. The molecule has 0 aliphatic carbocycles. The fourth-order valence-electron chi connectivity index (χ4n) is 2.44. The highest BCUT2D eigenvalue weighted by Crippen LogP contribution is 2.31. The predicted molar refractivity (Wildman–Crippen MR) is 98.5 cm³/mol. The Bertz CT molecular complexity index is 1040. The van der Waals surface area contributed by atoms with Gasteiger partial charge in [-0.3, -0.25) is 14.9 Å². The van der Waals surface area contributed by atoms with Crippen LogP contribution in [0.4, 0.5) is 24.5 Å². The molecule has 0 aromatic heterocycles. The molecule has 0 unspecified atom stereocenters. The standard InChI is InChI=1S/C17H16F3N3O5S/c1-29(27,28)11-6-7-14(15(10-11)23(25)26)21-8-9-22-16(24)12-4-2-3-5-13(12)17(18,19)20/h2-7,10,21H,8-9H2,1H3,(H,22,24). The number of nitrogens with one attached hydrogen (secondary N) is 2. The van der Waals surface area contributed by atoms with E-state index in [0.717, 1.165) is 24.5 Å². The number of nitro benzene ring substituents is 1. The van der Waals surface area contributed by atoms with Crippen LogP contribution in [0, 0.1) is 10.1 Å². The lowest BCUT2D eigenvalue weighted by Gasteiger charge is -2.13. The van der Waals surface area contributed by atoms with Crippen LogP contribution in [0.15, 0.2) is 47.4 Å². The fraction of sp³-hybridized carbons (Fsp3) is 0.235. The third-order valence-corrected chi connectivity index (χ3v) is 4.91. The first-order valence-electron chi connectivity index (χ1n) is 8.08. The zero-order chi connectivity index (χ0) is 21.8. The van der Waals surface area contributed by atoms with Crippen LogP contribution in [0.1, 0.15) is 15.9 Å². The van der Waals surface area contributed by atoms with Crippen LogP contribution in [-0.2, 0) is 16.0 Å². The minimum Gasteiger partial charge on any atom is -0.378 e. The van der Waals surface area contributed by atoms with E-state index in [9.17, 15) is 36.5 Å².